The van der Waals surface area contributed by atoms with E-state index in [4.69, 9.17) is 9.47 Å². The van der Waals surface area contributed by atoms with Crippen LogP contribution < -0.4 is 10.1 Å². The van der Waals surface area contributed by atoms with Crippen molar-refractivity contribution in [1.82, 2.24) is 25.3 Å². The van der Waals surface area contributed by atoms with Crippen molar-refractivity contribution in [3.05, 3.63) is 41.5 Å². The van der Waals surface area contributed by atoms with Crippen LogP contribution in [0.4, 0.5) is 5.82 Å². The lowest BCUT2D eigenvalue weighted by Crippen LogP contribution is -2.08. The van der Waals surface area contributed by atoms with Crippen molar-refractivity contribution in [3.63, 3.8) is 0 Å². The predicted octanol–water partition coefficient (Wildman–Crippen LogP) is 0.927. The number of hydrogen-bond donors (Lipinski definition) is 1. The Kier molecular flexibility index (Phi) is 4.00. The number of aromatic nitrogens is 5. The van der Waals surface area contributed by atoms with Crippen LogP contribution in [0, 0.1) is 0 Å². The first-order valence-corrected chi connectivity index (χ1v) is 6.76. The van der Waals surface area contributed by atoms with Crippen molar-refractivity contribution in [2.24, 2.45) is 0 Å². The normalized spacial score (nSPS) is 10.5. The van der Waals surface area contributed by atoms with Gasteiger partial charge in [-0.2, -0.15) is 0 Å². The molecule has 23 heavy (non-hydrogen) atoms. The standard InChI is InChI=1S/C14H14N6O3/c1-22-11-4-3-9(7-10(11)14(21)23-2)8-15-12-5-6-13-16-18-19-20(13)17-12/h3-7H,8H2,1-2H3,(H,15,17). The molecule has 3 aromatic rings. The highest BCUT2D eigenvalue weighted by atomic mass is 16.5. The van der Waals surface area contributed by atoms with E-state index in [2.05, 4.69) is 25.9 Å². The second-order valence-corrected chi connectivity index (χ2v) is 4.62. The fraction of sp³-hybridized carbons (Fsp3) is 0.214. The number of carbonyl (C=O) groups is 1. The van der Waals surface area contributed by atoms with Crippen LogP contribution in [0.2, 0.25) is 0 Å². The van der Waals surface area contributed by atoms with Crippen LogP contribution in [0.5, 0.6) is 5.75 Å². The van der Waals surface area contributed by atoms with E-state index in [1.54, 1.807) is 24.3 Å². The van der Waals surface area contributed by atoms with Crippen molar-refractivity contribution in [3.8, 4) is 5.75 Å². The summed E-state index contributed by atoms with van der Waals surface area (Å²) in [5, 5.41) is 18.4. The largest absolute Gasteiger partial charge is 0.496 e. The molecule has 9 nitrogen and oxygen atoms in total. The Hall–Kier alpha value is -3.23. The highest BCUT2D eigenvalue weighted by molar-refractivity contribution is 5.92. The summed E-state index contributed by atoms with van der Waals surface area (Å²) in [5.74, 6) is 0.631. The third kappa shape index (κ3) is 3.03. The Morgan fingerprint density at radius 2 is 2.13 bits per heavy atom. The Balaban J connectivity index is 1.78. The molecule has 0 aliphatic carbocycles. The quantitative estimate of drug-likeness (QED) is 0.694. The molecule has 3 rings (SSSR count). The van der Waals surface area contributed by atoms with Gasteiger partial charge in [0.15, 0.2) is 5.65 Å². The number of nitrogens with zero attached hydrogens (tertiary/aromatic N) is 5. The van der Waals surface area contributed by atoms with E-state index in [-0.39, 0.29) is 0 Å². The molecule has 9 heteroatoms. The third-order valence-electron chi connectivity index (χ3n) is 3.21. The molecule has 0 bridgehead atoms. The van der Waals surface area contributed by atoms with Gasteiger partial charge >= 0.3 is 5.97 Å². The first kappa shape index (κ1) is 14.7. The molecule has 0 amide bonds. The van der Waals surface area contributed by atoms with Crippen LogP contribution in [0.3, 0.4) is 0 Å². The lowest BCUT2D eigenvalue weighted by molar-refractivity contribution is 0.0597. The van der Waals surface area contributed by atoms with Gasteiger partial charge in [-0.1, -0.05) is 6.07 Å². The highest BCUT2D eigenvalue weighted by Gasteiger charge is 2.13. The average Bonchev–Trinajstić information content (AvgIpc) is 3.06. The van der Waals surface area contributed by atoms with Gasteiger partial charge in [-0.15, -0.1) is 14.8 Å². The molecule has 1 N–H and O–H groups in total. The number of fused-ring (bicyclic) bond motifs is 1. The zero-order valence-electron chi connectivity index (χ0n) is 12.6. The first-order chi connectivity index (χ1) is 11.2. The Morgan fingerprint density at radius 1 is 1.26 bits per heavy atom. The summed E-state index contributed by atoms with van der Waals surface area (Å²) in [6.07, 6.45) is 0. The maximum atomic E-state index is 11.8. The van der Waals surface area contributed by atoms with Crippen LogP contribution in [0.15, 0.2) is 30.3 Å². The van der Waals surface area contributed by atoms with E-state index < -0.39 is 5.97 Å². The van der Waals surface area contributed by atoms with Crippen LogP contribution in [0.1, 0.15) is 15.9 Å². The van der Waals surface area contributed by atoms with Crippen molar-refractivity contribution in [1.29, 1.82) is 0 Å². The molecule has 0 saturated carbocycles. The van der Waals surface area contributed by atoms with Gasteiger partial charge in [-0.3, -0.25) is 0 Å². The van der Waals surface area contributed by atoms with Crippen molar-refractivity contribution >= 4 is 17.4 Å². The van der Waals surface area contributed by atoms with Gasteiger partial charge in [0.1, 0.15) is 17.1 Å². The fourth-order valence-electron chi connectivity index (χ4n) is 2.07. The van der Waals surface area contributed by atoms with Crippen LogP contribution in [-0.4, -0.2) is 45.4 Å². The Bertz CT molecular complexity index is 847. The SMILES string of the molecule is COC(=O)c1cc(CNc2ccc3nnnn3n2)ccc1OC. The molecule has 0 unspecified atom stereocenters. The zero-order chi connectivity index (χ0) is 16.2. The third-order valence-corrected chi connectivity index (χ3v) is 3.21. The number of anilines is 1. The van der Waals surface area contributed by atoms with Gasteiger partial charge in [0.05, 0.1) is 14.2 Å². The van der Waals surface area contributed by atoms with Gasteiger partial charge < -0.3 is 14.8 Å². The summed E-state index contributed by atoms with van der Waals surface area (Å²) in [7, 11) is 2.84. The monoisotopic (exact) mass is 314 g/mol. The molecule has 0 radical (unpaired) electrons. The second kappa shape index (κ2) is 6.26. The lowest BCUT2D eigenvalue weighted by atomic mass is 10.1. The fourth-order valence-corrected chi connectivity index (χ4v) is 2.07. The topological polar surface area (TPSA) is 104 Å². The minimum atomic E-state index is -0.447. The molecule has 0 aliphatic rings. The smallest absolute Gasteiger partial charge is 0.341 e. The molecule has 0 saturated heterocycles. The van der Waals surface area contributed by atoms with E-state index in [1.165, 1.54) is 18.8 Å². The zero-order valence-corrected chi connectivity index (χ0v) is 12.6. The van der Waals surface area contributed by atoms with E-state index in [0.29, 0.717) is 29.3 Å². The number of rotatable bonds is 5. The number of hydrogen-bond acceptors (Lipinski definition) is 8. The maximum absolute atomic E-state index is 11.8. The molecular formula is C14H14N6O3. The van der Waals surface area contributed by atoms with Gasteiger partial charge in [0, 0.05) is 6.54 Å². The van der Waals surface area contributed by atoms with E-state index in [0.717, 1.165) is 5.56 Å². The molecule has 2 heterocycles. The molecule has 118 valence electrons. The number of nitrogens with one attached hydrogen (secondary N) is 1. The van der Waals surface area contributed by atoms with Gasteiger partial charge in [-0.05, 0) is 40.3 Å². The van der Waals surface area contributed by atoms with Crippen LogP contribution in [0.25, 0.3) is 5.65 Å². The van der Waals surface area contributed by atoms with Gasteiger partial charge in [0.25, 0.3) is 0 Å². The summed E-state index contributed by atoms with van der Waals surface area (Å²) in [6, 6.07) is 8.82. The molecule has 0 aliphatic heterocycles. The first-order valence-electron chi connectivity index (χ1n) is 6.76. The molecule has 2 aromatic heterocycles. The number of benzene rings is 1. The van der Waals surface area contributed by atoms with Crippen molar-refractivity contribution in [2.75, 3.05) is 19.5 Å². The summed E-state index contributed by atoms with van der Waals surface area (Å²) in [6.45, 7) is 0.467. The average molecular weight is 314 g/mol. The summed E-state index contributed by atoms with van der Waals surface area (Å²) < 4.78 is 11.3. The number of carbonyl (C=O) groups excluding carboxylic acids is 1. The Morgan fingerprint density at radius 3 is 2.91 bits per heavy atom. The van der Waals surface area contributed by atoms with Gasteiger partial charge in [-0.25, -0.2) is 4.79 Å². The second-order valence-electron chi connectivity index (χ2n) is 4.62. The van der Waals surface area contributed by atoms with E-state index in [9.17, 15) is 4.79 Å². The Labute approximate surface area is 131 Å². The number of ether oxygens (including phenoxy) is 2. The predicted molar refractivity (Wildman–Crippen MR) is 80.2 cm³/mol. The molecule has 1 aromatic carbocycles. The minimum Gasteiger partial charge on any atom is -0.496 e. The summed E-state index contributed by atoms with van der Waals surface area (Å²) in [5.41, 5.74) is 1.82. The number of tetrazole rings is 1. The van der Waals surface area contributed by atoms with E-state index in [1.807, 2.05) is 6.07 Å². The summed E-state index contributed by atoms with van der Waals surface area (Å²) >= 11 is 0. The lowest BCUT2D eigenvalue weighted by Gasteiger charge is -2.10. The molecule has 0 fully saturated rings. The maximum Gasteiger partial charge on any atom is 0.341 e. The summed E-state index contributed by atoms with van der Waals surface area (Å²) in [4.78, 5) is 11.8. The van der Waals surface area contributed by atoms with E-state index >= 15 is 0 Å². The van der Waals surface area contributed by atoms with Crippen LogP contribution in [-0.2, 0) is 11.3 Å². The molecule has 0 atom stereocenters. The molecule has 0 spiro atoms. The number of methoxy groups -OCH3 is 2. The highest BCUT2D eigenvalue weighted by Crippen LogP contribution is 2.21. The van der Waals surface area contributed by atoms with Gasteiger partial charge in [0.2, 0.25) is 0 Å². The molecular weight excluding hydrogens is 300 g/mol. The van der Waals surface area contributed by atoms with Crippen molar-refractivity contribution < 1.29 is 14.3 Å². The van der Waals surface area contributed by atoms with Crippen LogP contribution >= 0.6 is 0 Å². The number of esters is 1. The minimum absolute atomic E-state index is 0.373. The van der Waals surface area contributed by atoms with Crippen molar-refractivity contribution in [2.45, 2.75) is 6.54 Å².